The molecule has 0 amide bonds. The standard InChI is InChI=1S/C13H13ClN4S/c1-9(7-17-6-5-15-8-17)18-12-10(14)3-2-4-11(12)16-13(18)19/h2-6,8-9H,7H2,1H3,(H,16,19). The van der Waals surface area contributed by atoms with Gasteiger partial charge in [-0.25, -0.2) is 4.98 Å². The summed E-state index contributed by atoms with van der Waals surface area (Å²) in [6, 6.07) is 5.97. The smallest absolute Gasteiger partial charge is 0.178 e. The zero-order valence-corrected chi connectivity index (χ0v) is 11.9. The minimum Gasteiger partial charge on any atom is -0.335 e. The van der Waals surface area contributed by atoms with Crippen LogP contribution in [0, 0.1) is 4.77 Å². The van der Waals surface area contributed by atoms with Gasteiger partial charge in [-0.05, 0) is 31.3 Å². The van der Waals surface area contributed by atoms with Crippen molar-refractivity contribution in [2.45, 2.75) is 19.5 Å². The molecule has 1 N–H and O–H groups in total. The number of rotatable bonds is 3. The van der Waals surface area contributed by atoms with Crippen molar-refractivity contribution in [3.63, 3.8) is 0 Å². The topological polar surface area (TPSA) is 38.5 Å². The number of halogens is 1. The lowest BCUT2D eigenvalue weighted by Gasteiger charge is -2.15. The van der Waals surface area contributed by atoms with Gasteiger partial charge in [0.25, 0.3) is 0 Å². The van der Waals surface area contributed by atoms with Crippen LogP contribution in [0.2, 0.25) is 5.02 Å². The van der Waals surface area contributed by atoms with Crippen molar-refractivity contribution >= 4 is 34.9 Å². The van der Waals surface area contributed by atoms with Crippen LogP contribution in [-0.2, 0) is 6.54 Å². The maximum absolute atomic E-state index is 6.30. The second-order valence-electron chi connectivity index (χ2n) is 4.54. The summed E-state index contributed by atoms with van der Waals surface area (Å²) in [5.74, 6) is 0. The Kier molecular flexibility index (Phi) is 3.16. The first-order valence-corrected chi connectivity index (χ1v) is 6.80. The molecule has 0 aliphatic carbocycles. The van der Waals surface area contributed by atoms with Crippen molar-refractivity contribution in [3.8, 4) is 0 Å². The summed E-state index contributed by atoms with van der Waals surface area (Å²) in [6.45, 7) is 2.92. The predicted molar refractivity (Wildman–Crippen MR) is 79.1 cm³/mol. The van der Waals surface area contributed by atoms with Gasteiger partial charge in [-0.2, -0.15) is 0 Å². The van der Waals surface area contributed by atoms with E-state index in [1.54, 1.807) is 12.5 Å². The third kappa shape index (κ3) is 2.19. The summed E-state index contributed by atoms with van der Waals surface area (Å²) < 4.78 is 4.78. The lowest BCUT2D eigenvalue weighted by Crippen LogP contribution is -2.12. The van der Waals surface area contributed by atoms with E-state index in [-0.39, 0.29) is 6.04 Å². The summed E-state index contributed by atoms with van der Waals surface area (Å²) in [4.78, 5) is 7.25. The maximum Gasteiger partial charge on any atom is 0.178 e. The summed E-state index contributed by atoms with van der Waals surface area (Å²) >= 11 is 11.7. The van der Waals surface area contributed by atoms with Crippen LogP contribution in [0.15, 0.2) is 36.9 Å². The molecule has 98 valence electrons. The Morgan fingerprint density at radius 1 is 1.47 bits per heavy atom. The van der Waals surface area contributed by atoms with Gasteiger partial charge in [-0.15, -0.1) is 0 Å². The first-order valence-electron chi connectivity index (χ1n) is 6.01. The number of aromatic amines is 1. The molecule has 2 heterocycles. The quantitative estimate of drug-likeness (QED) is 0.746. The largest absolute Gasteiger partial charge is 0.335 e. The van der Waals surface area contributed by atoms with Gasteiger partial charge in [0.2, 0.25) is 0 Å². The normalized spacial score (nSPS) is 12.9. The van der Waals surface area contributed by atoms with E-state index >= 15 is 0 Å². The molecule has 0 saturated carbocycles. The van der Waals surface area contributed by atoms with E-state index in [9.17, 15) is 0 Å². The van der Waals surface area contributed by atoms with E-state index in [0.717, 1.165) is 17.6 Å². The van der Waals surface area contributed by atoms with Crippen molar-refractivity contribution < 1.29 is 0 Å². The van der Waals surface area contributed by atoms with Crippen molar-refractivity contribution in [1.29, 1.82) is 0 Å². The van der Waals surface area contributed by atoms with Crippen LogP contribution in [0.5, 0.6) is 0 Å². The van der Waals surface area contributed by atoms with Crippen LogP contribution in [-0.4, -0.2) is 19.1 Å². The zero-order chi connectivity index (χ0) is 13.4. The fourth-order valence-corrected chi connectivity index (χ4v) is 2.99. The minimum absolute atomic E-state index is 0.190. The number of nitrogens with one attached hydrogen (secondary N) is 1. The summed E-state index contributed by atoms with van der Waals surface area (Å²) in [7, 11) is 0. The van der Waals surface area contributed by atoms with Crippen LogP contribution in [0.3, 0.4) is 0 Å². The third-order valence-corrected chi connectivity index (χ3v) is 3.77. The van der Waals surface area contributed by atoms with Crippen molar-refractivity contribution in [2.75, 3.05) is 0 Å². The first-order chi connectivity index (χ1) is 9.16. The van der Waals surface area contributed by atoms with Gasteiger partial charge in [-0.1, -0.05) is 17.7 Å². The Balaban J connectivity index is 2.09. The van der Waals surface area contributed by atoms with E-state index in [4.69, 9.17) is 23.8 Å². The second-order valence-corrected chi connectivity index (χ2v) is 5.34. The number of fused-ring (bicyclic) bond motifs is 1. The molecule has 0 fully saturated rings. The van der Waals surface area contributed by atoms with E-state index in [2.05, 4.69) is 21.5 Å². The molecule has 0 bridgehead atoms. The molecule has 1 aromatic carbocycles. The average Bonchev–Trinajstić information content (AvgIpc) is 2.96. The molecule has 0 radical (unpaired) electrons. The van der Waals surface area contributed by atoms with Gasteiger partial charge in [0, 0.05) is 18.9 Å². The molecule has 0 aliphatic rings. The molecule has 0 spiro atoms. The van der Waals surface area contributed by atoms with Crippen molar-refractivity contribution in [2.24, 2.45) is 0 Å². The Hall–Kier alpha value is -1.59. The summed E-state index contributed by atoms with van der Waals surface area (Å²) in [5, 5.41) is 0.710. The van der Waals surface area contributed by atoms with Crippen molar-refractivity contribution in [1.82, 2.24) is 19.1 Å². The molecule has 19 heavy (non-hydrogen) atoms. The molecule has 0 saturated heterocycles. The van der Waals surface area contributed by atoms with E-state index < -0.39 is 0 Å². The Labute approximate surface area is 120 Å². The molecule has 1 unspecified atom stereocenters. The maximum atomic E-state index is 6.30. The molecule has 4 nitrogen and oxygen atoms in total. The van der Waals surface area contributed by atoms with Gasteiger partial charge in [0.15, 0.2) is 4.77 Å². The number of hydrogen-bond donors (Lipinski definition) is 1. The summed E-state index contributed by atoms with van der Waals surface area (Å²) in [6.07, 6.45) is 5.52. The Morgan fingerprint density at radius 2 is 2.32 bits per heavy atom. The molecule has 2 aromatic heterocycles. The monoisotopic (exact) mass is 292 g/mol. The fraction of sp³-hybridized carbons (Fsp3) is 0.231. The molecule has 1 atom stereocenters. The highest BCUT2D eigenvalue weighted by atomic mass is 35.5. The minimum atomic E-state index is 0.190. The number of para-hydroxylation sites is 1. The van der Waals surface area contributed by atoms with E-state index in [1.165, 1.54) is 0 Å². The van der Waals surface area contributed by atoms with Crippen LogP contribution in [0.1, 0.15) is 13.0 Å². The van der Waals surface area contributed by atoms with Gasteiger partial charge < -0.3 is 14.1 Å². The highest BCUT2D eigenvalue weighted by molar-refractivity contribution is 7.71. The van der Waals surface area contributed by atoms with Gasteiger partial charge in [0.05, 0.1) is 28.4 Å². The van der Waals surface area contributed by atoms with Crippen LogP contribution >= 0.6 is 23.8 Å². The SMILES string of the molecule is CC(Cn1ccnc1)n1c(=S)[nH]c2cccc(Cl)c21. The lowest BCUT2D eigenvalue weighted by atomic mass is 10.2. The number of hydrogen-bond acceptors (Lipinski definition) is 2. The molecular weight excluding hydrogens is 280 g/mol. The number of nitrogens with zero attached hydrogens (tertiary/aromatic N) is 3. The first kappa shape index (κ1) is 12.4. The predicted octanol–water partition coefficient (Wildman–Crippen LogP) is 3.81. The average molecular weight is 293 g/mol. The number of imidazole rings is 2. The lowest BCUT2D eigenvalue weighted by molar-refractivity contribution is 0.470. The Morgan fingerprint density at radius 3 is 3.05 bits per heavy atom. The van der Waals surface area contributed by atoms with Crippen LogP contribution in [0.4, 0.5) is 0 Å². The molecule has 6 heteroatoms. The van der Waals surface area contributed by atoms with E-state index in [1.807, 2.05) is 29.0 Å². The van der Waals surface area contributed by atoms with Crippen LogP contribution in [0.25, 0.3) is 11.0 Å². The number of H-pyrrole nitrogens is 1. The molecule has 3 rings (SSSR count). The van der Waals surface area contributed by atoms with E-state index in [0.29, 0.717) is 9.79 Å². The molecule has 0 aliphatic heterocycles. The second kappa shape index (κ2) is 4.83. The van der Waals surface area contributed by atoms with Gasteiger partial charge in [0.1, 0.15) is 0 Å². The number of aromatic nitrogens is 4. The van der Waals surface area contributed by atoms with Gasteiger partial charge >= 0.3 is 0 Å². The molecule has 3 aromatic rings. The van der Waals surface area contributed by atoms with Gasteiger partial charge in [-0.3, -0.25) is 0 Å². The fourth-order valence-electron chi connectivity index (χ4n) is 2.34. The van der Waals surface area contributed by atoms with Crippen LogP contribution < -0.4 is 0 Å². The van der Waals surface area contributed by atoms with Crippen molar-refractivity contribution in [3.05, 3.63) is 46.7 Å². The Bertz CT molecular complexity index is 757. The zero-order valence-electron chi connectivity index (χ0n) is 10.4. The number of benzene rings is 1. The molecular formula is C13H13ClN4S. The highest BCUT2D eigenvalue weighted by Gasteiger charge is 2.13. The summed E-state index contributed by atoms with van der Waals surface area (Å²) in [5.41, 5.74) is 1.93. The third-order valence-electron chi connectivity index (χ3n) is 3.16. The highest BCUT2D eigenvalue weighted by Crippen LogP contribution is 2.26.